The number of anilines is 2. The summed E-state index contributed by atoms with van der Waals surface area (Å²) in [7, 11) is 0. The van der Waals surface area contributed by atoms with Crippen LogP contribution in [0.5, 0.6) is 0 Å². The van der Waals surface area contributed by atoms with Crippen LogP contribution in [-0.4, -0.2) is 59.6 Å². The summed E-state index contributed by atoms with van der Waals surface area (Å²) in [4.78, 5) is 33.9. The lowest BCUT2D eigenvalue weighted by molar-refractivity contribution is 0.0698. The van der Waals surface area contributed by atoms with E-state index in [1.165, 1.54) is 0 Å². The molecule has 0 bridgehead atoms. The summed E-state index contributed by atoms with van der Waals surface area (Å²) in [6.45, 7) is 6.77. The van der Waals surface area contributed by atoms with Gasteiger partial charge in [-0.3, -0.25) is 9.69 Å². The molecule has 1 aliphatic heterocycles. The Morgan fingerprint density at radius 2 is 1.78 bits per heavy atom. The van der Waals surface area contributed by atoms with Crippen LogP contribution in [0.15, 0.2) is 53.0 Å². The van der Waals surface area contributed by atoms with Crippen molar-refractivity contribution in [1.82, 2.24) is 9.88 Å². The number of nitrogens with zero attached hydrogens (tertiary/aromatic N) is 3. The fraction of sp³-hybridized carbons (Fsp3) is 0.292. The van der Waals surface area contributed by atoms with Crippen molar-refractivity contribution in [1.29, 1.82) is 0 Å². The quantitative estimate of drug-likeness (QED) is 0.523. The molecule has 3 aromatic rings. The molecule has 1 saturated heterocycles. The smallest absolute Gasteiger partial charge is 0.336 e. The van der Waals surface area contributed by atoms with Gasteiger partial charge in [0.1, 0.15) is 5.82 Å². The Hall–Kier alpha value is -2.97. The Morgan fingerprint density at radius 1 is 1.06 bits per heavy atom. The molecule has 1 fully saturated rings. The number of halogens is 1. The number of aromatic carboxylic acids is 1. The van der Waals surface area contributed by atoms with Gasteiger partial charge < -0.3 is 15.3 Å². The van der Waals surface area contributed by atoms with Gasteiger partial charge in [0.15, 0.2) is 0 Å². The molecule has 1 aliphatic rings. The van der Waals surface area contributed by atoms with E-state index in [1.54, 1.807) is 48.5 Å². The van der Waals surface area contributed by atoms with Gasteiger partial charge in [-0.2, -0.15) is 0 Å². The summed E-state index contributed by atoms with van der Waals surface area (Å²) < 4.78 is 0.888. The highest BCUT2D eigenvalue weighted by Crippen LogP contribution is 2.27. The first-order chi connectivity index (χ1) is 15.4. The first-order valence-electron chi connectivity index (χ1n) is 10.7. The fourth-order valence-corrected chi connectivity index (χ4v) is 4.21. The maximum absolute atomic E-state index is 12.5. The summed E-state index contributed by atoms with van der Waals surface area (Å²) in [5.74, 6) is -0.597. The third-order valence-electron chi connectivity index (χ3n) is 5.63. The number of benzene rings is 2. The number of pyridine rings is 1. The van der Waals surface area contributed by atoms with Gasteiger partial charge >= 0.3 is 5.97 Å². The van der Waals surface area contributed by atoms with E-state index in [0.29, 0.717) is 28.0 Å². The largest absolute Gasteiger partial charge is 0.478 e. The number of amides is 1. The molecule has 1 amide bonds. The molecule has 8 heteroatoms. The zero-order valence-corrected chi connectivity index (χ0v) is 19.4. The minimum atomic E-state index is -1.01. The van der Waals surface area contributed by atoms with Gasteiger partial charge in [-0.15, -0.1) is 0 Å². The third kappa shape index (κ3) is 4.92. The molecular weight excluding hydrogens is 472 g/mol. The van der Waals surface area contributed by atoms with E-state index in [-0.39, 0.29) is 11.5 Å². The number of hydrogen-bond acceptors (Lipinski definition) is 5. The van der Waals surface area contributed by atoms with E-state index in [9.17, 15) is 14.7 Å². The van der Waals surface area contributed by atoms with Gasteiger partial charge in [-0.1, -0.05) is 22.9 Å². The molecule has 7 nitrogen and oxygen atoms in total. The Morgan fingerprint density at radius 3 is 2.44 bits per heavy atom. The van der Waals surface area contributed by atoms with E-state index >= 15 is 0 Å². The number of nitrogens with one attached hydrogen (secondary N) is 1. The van der Waals surface area contributed by atoms with Crippen LogP contribution in [-0.2, 0) is 0 Å². The van der Waals surface area contributed by atoms with Crippen LogP contribution in [0.4, 0.5) is 11.5 Å². The van der Waals surface area contributed by atoms with Crippen molar-refractivity contribution in [3.8, 4) is 0 Å². The van der Waals surface area contributed by atoms with Gasteiger partial charge in [-0.05, 0) is 61.5 Å². The van der Waals surface area contributed by atoms with Gasteiger partial charge in [0.25, 0.3) is 5.91 Å². The van der Waals surface area contributed by atoms with Crippen molar-refractivity contribution in [3.05, 3.63) is 64.1 Å². The molecule has 2 N–H and O–H groups in total. The highest BCUT2D eigenvalue weighted by molar-refractivity contribution is 9.10. The second-order valence-corrected chi connectivity index (χ2v) is 8.77. The monoisotopic (exact) mass is 496 g/mol. The molecule has 0 spiro atoms. The molecule has 0 radical (unpaired) electrons. The maximum Gasteiger partial charge on any atom is 0.336 e. The number of aromatic nitrogens is 1. The molecule has 166 valence electrons. The predicted molar refractivity (Wildman–Crippen MR) is 130 cm³/mol. The Balaban J connectivity index is 1.60. The number of carbonyl (C=O) groups excluding carboxylic acids is 1. The zero-order valence-electron chi connectivity index (χ0n) is 17.8. The van der Waals surface area contributed by atoms with Crippen LogP contribution in [0, 0.1) is 0 Å². The lowest BCUT2D eigenvalue weighted by Gasteiger charge is -2.35. The van der Waals surface area contributed by atoms with Crippen molar-refractivity contribution >= 4 is 50.2 Å². The number of piperazine rings is 1. The number of carbonyl (C=O) groups is 2. The lowest BCUT2D eigenvalue weighted by Crippen LogP contribution is -2.46. The van der Waals surface area contributed by atoms with Gasteiger partial charge in [0.05, 0.1) is 11.1 Å². The van der Waals surface area contributed by atoms with E-state index in [0.717, 1.165) is 43.6 Å². The van der Waals surface area contributed by atoms with E-state index < -0.39 is 5.97 Å². The van der Waals surface area contributed by atoms with E-state index in [1.807, 2.05) is 0 Å². The molecule has 0 atom stereocenters. The second kappa shape index (κ2) is 9.67. The number of hydrogen-bond donors (Lipinski definition) is 2. The average Bonchev–Trinajstić information content (AvgIpc) is 2.79. The Labute approximate surface area is 195 Å². The summed E-state index contributed by atoms with van der Waals surface area (Å²) in [6, 6.07) is 13.9. The number of rotatable bonds is 6. The van der Waals surface area contributed by atoms with Crippen LogP contribution in [0.1, 0.15) is 34.1 Å². The van der Waals surface area contributed by atoms with Crippen molar-refractivity contribution in [2.45, 2.75) is 13.3 Å². The first-order valence-corrected chi connectivity index (χ1v) is 11.5. The second-order valence-electron chi connectivity index (χ2n) is 7.85. The highest BCUT2D eigenvalue weighted by Gasteiger charge is 2.20. The normalized spacial score (nSPS) is 14.5. The predicted octanol–water partition coefficient (Wildman–Crippen LogP) is 4.48. The van der Waals surface area contributed by atoms with Crippen molar-refractivity contribution in [3.63, 3.8) is 0 Å². The average molecular weight is 497 g/mol. The minimum Gasteiger partial charge on any atom is -0.478 e. The molecule has 32 heavy (non-hydrogen) atoms. The van der Waals surface area contributed by atoms with E-state index in [2.05, 4.69) is 38.0 Å². The Bertz CT molecular complexity index is 1140. The molecule has 0 aliphatic carbocycles. The summed E-state index contributed by atoms with van der Waals surface area (Å²) in [6.07, 6.45) is 1.12. The number of fused-ring (bicyclic) bond motifs is 1. The first kappa shape index (κ1) is 22.2. The van der Waals surface area contributed by atoms with Crippen LogP contribution in [0.3, 0.4) is 0 Å². The molecule has 0 unspecified atom stereocenters. The summed E-state index contributed by atoms with van der Waals surface area (Å²) in [5, 5.41) is 13.2. The zero-order chi connectivity index (χ0) is 22.7. The van der Waals surface area contributed by atoms with Gasteiger partial charge in [0.2, 0.25) is 0 Å². The molecule has 2 heterocycles. The van der Waals surface area contributed by atoms with Crippen molar-refractivity contribution in [2.24, 2.45) is 0 Å². The highest BCUT2D eigenvalue weighted by atomic mass is 79.9. The van der Waals surface area contributed by atoms with Crippen molar-refractivity contribution in [2.75, 3.05) is 42.9 Å². The molecule has 0 saturated carbocycles. The lowest BCUT2D eigenvalue weighted by atomic mass is 10.1. The van der Waals surface area contributed by atoms with Gasteiger partial charge in [-0.25, -0.2) is 9.78 Å². The fourth-order valence-electron chi connectivity index (χ4n) is 3.95. The van der Waals surface area contributed by atoms with Crippen LogP contribution in [0.2, 0.25) is 0 Å². The van der Waals surface area contributed by atoms with Gasteiger partial charge in [0, 0.05) is 47.3 Å². The molecule has 4 rings (SSSR count). The topological polar surface area (TPSA) is 85.8 Å². The van der Waals surface area contributed by atoms with Crippen LogP contribution >= 0.6 is 15.9 Å². The van der Waals surface area contributed by atoms with Crippen molar-refractivity contribution < 1.29 is 14.7 Å². The SMILES string of the molecule is CCCN1CCN(c2cc(C(=O)O)c3cc(NC(=O)c4ccc(Br)cc4)ccc3n2)CC1. The Kier molecular flexibility index (Phi) is 6.72. The minimum absolute atomic E-state index is 0.181. The summed E-state index contributed by atoms with van der Waals surface area (Å²) >= 11 is 3.35. The maximum atomic E-state index is 12.5. The van der Waals surface area contributed by atoms with E-state index in [4.69, 9.17) is 4.98 Å². The summed E-state index contributed by atoms with van der Waals surface area (Å²) in [5.41, 5.74) is 1.82. The number of carboxylic acids is 1. The van der Waals surface area contributed by atoms with Crippen LogP contribution < -0.4 is 10.2 Å². The van der Waals surface area contributed by atoms with Crippen LogP contribution in [0.25, 0.3) is 10.9 Å². The molecule has 2 aromatic carbocycles. The number of carboxylic acid groups (broad SMARTS) is 1. The standard InChI is InChI=1S/C24H25BrN4O3/c1-2-9-28-10-12-29(13-11-28)22-15-20(24(31)32)19-14-18(7-8-21(19)27-22)26-23(30)16-3-5-17(25)6-4-16/h3-8,14-15H,2,9-13H2,1H3,(H,26,30)(H,31,32). The molecule has 1 aromatic heterocycles. The third-order valence-corrected chi connectivity index (χ3v) is 6.15. The molecular formula is C24H25BrN4O3.